The van der Waals surface area contributed by atoms with Crippen LogP contribution >= 0.6 is 0 Å². The van der Waals surface area contributed by atoms with E-state index in [1.165, 1.54) is 5.56 Å². The van der Waals surface area contributed by atoms with Gasteiger partial charge in [0.1, 0.15) is 0 Å². The number of carbonyl (C=O) groups is 1. The monoisotopic (exact) mass is 328 g/mol. The molecule has 2 N–H and O–H groups in total. The number of nitrogens with zero attached hydrogens (tertiary/aromatic N) is 1. The maximum atomic E-state index is 12.5. The summed E-state index contributed by atoms with van der Waals surface area (Å²) in [5.41, 5.74) is 4.04. The average Bonchev–Trinajstić information content (AvgIpc) is 2.87. The number of aromatic nitrogens is 1. The smallest absolute Gasteiger partial charge is 0.253 e. The lowest BCUT2D eigenvalue weighted by molar-refractivity contribution is 0.0943. The number of nitrogens with one attached hydrogen (secondary N) is 1. The van der Waals surface area contributed by atoms with Gasteiger partial charge in [0.05, 0.1) is 5.56 Å². The van der Waals surface area contributed by atoms with E-state index in [0.717, 1.165) is 36.3 Å². The molecule has 24 heavy (non-hydrogen) atoms. The average molecular weight is 328 g/mol. The molecule has 1 heterocycles. The second-order valence-electron chi connectivity index (χ2n) is 6.35. The lowest BCUT2D eigenvalue weighted by atomic mass is 10.0. The van der Waals surface area contributed by atoms with Crippen molar-refractivity contribution in [2.75, 3.05) is 13.2 Å². The molecule has 1 atom stereocenters. The van der Waals surface area contributed by atoms with E-state index in [2.05, 4.69) is 28.9 Å². The topological polar surface area (TPSA) is 54.3 Å². The second-order valence-corrected chi connectivity index (χ2v) is 6.35. The Labute approximate surface area is 144 Å². The largest absolute Gasteiger partial charge is 0.396 e. The molecule has 1 aromatic carbocycles. The minimum atomic E-state index is -0.0289. The maximum Gasteiger partial charge on any atom is 0.253 e. The molecule has 1 unspecified atom stereocenters. The Morgan fingerprint density at radius 2 is 1.96 bits per heavy atom. The molecule has 0 aliphatic carbocycles. The van der Waals surface area contributed by atoms with Crippen LogP contribution in [0.5, 0.6) is 0 Å². The molecule has 1 aromatic heterocycles. The third kappa shape index (κ3) is 4.48. The van der Waals surface area contributed by atoms with Gasteiger partial charge in [0.15, 0.2) is 0 Å². The van der Waals surface area contributed by atoms with Gasteiger partial charge >= 0.3 is 0 Å². The van der Waals surface area contributed by atoms with Crippen LogP contribution < -0.4 is 5.32 Å². The number of aryl methyl sites for hydroxylation is 1. The third-order valence-corrected chi connectivity index (χ3v) is 4.67. The van der Waals surface area contributed by atoms with Gasteiger partial charge < -0.3 is 15.0 Å². The van der Waals surface area contributed by atoms with Crippen molar-refractivity contribution in [3.8, 4) is 0 Å². The molecule has 0 aliphatic heterocycles. The summed E-state index contributed by atoms with van der Waals surface area (Å²) >= 11 is 0. The Balaban J connectivity index is 2.08. The van der Waals surface area contributed by atoms with E-state index in [1.54, 1.807) is 0 Å². The second kappa shape index (κ2) is 8.69. The van der Waals surface area contributed by atoms with Crippen LogP contribution in [0, 0.1) is 19.8 Å². The molecule has 0 saturated carbocycles. The van der Waals surface area contributed by atoms with E-state index in [1.807, 2.05) is 38.1 Å². The summed E-state index contributed by atoms with van der Waals surface area (Å²) < 4.78 is 2.18. The first-order chi connectivity index (χ1) is 11.6. The zero-order valence-corrected chi connectivity index (χ0v) is 14.9. The quantitative estimate of drug-likeness (QED) is 0.781. The summed E-state index contributed by atoms with van der Waals surface area (Å²) in [5.74, 6) is 0.297. The van der Waals surface area contributed by atoms with Crippen LogP contribution in [0.15, 0.2) is 36.4 Å². The Morgan fingerprint density at radius 3 is 2.58 bits per heavy atom. The first-order valence-electron chi connectivity index (χ1n) is 8.66. The Hall–Kier alpha value is -2.07. The van der Waals surface area contributed by atoms with Crippen LogP contribution in [0.1, 0.15) is 47.1 Å². The minimum Gasteiger partial charge on any atom is -0.396 e. The molecule has 0 bridgehead atoms. The summed E-state index contributed by atoms with van der Waals surface area (Å²) in [7, 11) is 0. The van der Waals surface area contributed by atoms with Crippen molar-refractivity contribution < 1.29 is 9.90 Å². The fourth-order valence-electron chi connectivity index (χ4n) is 3.01. The molecular formula is C20H28N2O2. The van der Waals surface area contributed by atoms with Gasteiger partial charge in [0.25, 0.3) is 5.91 Å². The molecule has 0 radical (unpaired) electrons. The van der Waals surface area contributed by atoms with Crippen molar-refractivity contribution >= 4 is 5.91 Å². The predicted octanol–water partition coefficient (Wildman–Crippen LogP) is 3.29. The van der Waals surface area contributed by atoms with Crippen LogP contribution in [0.4, 0.5) is 0 Å². The Bertz CT molecular complexity index is 662. The zero-order chi connectivity index (χ0) is 17.5. The fourth-order valence-corrected chi connectivity index (χ4v) is 3.01. The van der Waals surface area contributed by atoms with E-state index >= 15 is 0 Å². The van der Waals surface area contributed by atoms with E-state index in [0.29, 0.717) is 12.5 Å². The first-order valence-corrected chi connectivity index (χ1v) is 8.66. The van der Waals surface area contributed by atoms with Crippen LogP contribution in [-0.2, 0) is 6.54 Å². The van der Waals surface area contributed by atoms with Crippen LogP contribution in [0.2, 0.25) is 0 Å². The molecule has 0 saturated heterocycles. The highest BCUT2D eigenvalue weighted by molar-refractivity contribution is 5.95. The SMILES string of the molecule is CCC(CCO)CNC(=O)c1cc(C)n(Cc2ccccc2)c1C. The molecule has 0 spiro atoms. The summed E-state index contributed by atoms with van der Waals surface area (Å²) in [6.45, 7) is 7.66. The number of aliphatic hydroxyl groups is 1. The highest BCUT2D eigenvalue weighted by Crippen LogP contribution is 2.17. The molecule has 4 nitrogen and oxygen atoms in total. The number of carbonyl (C=O) groups excluding carboxylic acids is 1. The van der Waals surface area contributed by atoms with Gasteiger partial charge in [-0.2, -0.15) is 0 Å². The van der Waals surface area contributed by atoms with Crippen molar-refractivity contribution in [3.63, 3.8) is 0 Å². The lowest BCUT2D eigenvalue weighted by Gasteiger charge is -2.14. The van der Waals surface area contributed by atoms with Gasteiger partial charge in [-0.05, 0) is 37.8 Å². The molecule has 1 amide bonds. The number of rotatable bonds is 8. The van der Waals surface area contributed by atoms with Crippen molar-refractivity contribution in [3.05, 3.63) is 58.9 Å². The van der Waals surface area contributed by atoms with Gasteiger partial charge in [-0.25, -0.2) is 0 Å². The van der Waals surface area contributed by atoms with Crippen LogP contribution in [0.3, 0.4) is 0 Å². The zero-order valence-electron chi connectivity index (χ0n) is 14.9. The van der Waals surface area contributed by atoms with Gasteiger partial charge in [-0.3, -0.25) is 4.79 Å². The van der Waals surface area contributed by atoms with E-state index in [-0.39, 0.29) is 12.5 Å². The summed E-state index contributed by atoms with van der Waals surface area (Å²) in [6.07, 6.45) is 1.68. The maximum absolute atomic E-state index is 12.5. The summed E-state index contributed by atoms with van der Waals surface area (Å²) in [4.78, 5) is 12.5. The van der Waals surface area contributed by atoms with Crippen molar-refractivity contribution in [1.29, 1.82) is 0 Å². The summed E-state index contributed by atoms with van der Waals surface area (Å²) in [5, 5.41) is 12.1. The molecule has 2 aromatic rings. The highest BCUT2D eigenvalue weighted by atomic mass is 16.3. The van der Waals surface area contributed by atoms with E-state index in [9.17, 15) is 4.79 Å². The minimum absolute atomic E-state index is 0.0289. The molecule has 2 rings (SSSR count). The van der Waals surface area contributed by atoms with Gasteiger partial charge in [-0.1, -0.05) is 43.7 Å². The normalized spacial score (nSPS) is 12.2. The summed E-state index contributed by atoms with van der Waals surface area (Å²) in [6, 6.07) is 12.2. The molecule has 130 valence electrons. The van der Waals surface area contributed by atoms with Crippen molar-refractivity contribution in [2.24, 2.45) is 5.92 Å². The first kappa shape index (κ1) is 18.3. The highest BCUT2D eigenvalue weighted by Gasteiger charge is 2.16. The number of benzene rings is 1. The van der Waals surface area contributed by atoms with E-state index in [4.69, 9.17) is 5.11 Å². The molecule has 4 heteroatoms. The number of amides is 1. The molecule has 0 aliphatic rings. The standard InChI is InChI=1S/C20H28N2O2/c1-4-17(10-11-23)13-21-20(24)19-12-15(2)22(16(19)3)14-18-8-6-5-7-9-18/h5-9,12,17,23H,4,10-11,13-14H2,1-3H3,(H,21,24). The molecule has 0 fully saturated rings. The van der Waals surface area contributed by atoms with Crippen LogP contribution in [0.25, 0.3) is 0 Å². The van der Waals surface area contributed by atoms with Gasteiger partial charge in [0, 0.05) is 31.1 Å². The fraction of sp³-hybridized carbons (Fsp3) is 0.450. The third-order valence-electron chi connectivity index (χ3n) is 4.67. The Morgan fingerprint density at radius 1 is 1.25 bits per heavy atom. The van der Waals surface area contributed by atoms with Gasteiger partial charge in [0.2, 0.25) is 0 Å². The predicted molar refractivity (Wildman–Crippen MR) is 97.3 cm³/mol. The number of hydrogen-bond donors (Lipinski definition) is 2. The Kier molecular flexibility index (Phi) is 6.62. The van der Waals surface area contributed by atoms with E-state index < -0.39 is 0 Å². The van der Waals surface area contributed by atoms with Gasteiger partial charge in [-0.15, -0.1) is 0 Å². The van der Waals surface area contributed by atoms with Crippen molar-refractivity contribution in [1.82, 2.24) is 9.88 Å². The van der Waals surface area contributed by atoms with Crippen molar-refractivity contribution in [2.45, 2.75) is 40.2 Å². The lowest BCUT2D eigenvalue weighted by Crippen LogP contribution is -2.29. The van der Waals surface area contributed by atoms with Crippen LogP contribution in [-0.4, -0.2) is 28.7 Å². The number of hydrogen-bond acceptors (Lipinski definition) is 2. The number of aliphatic hydroxyl groups excluding tert-OH is 1. The molecular weight excluding hydrogens is 300 g/mol.